The fourth-order valence-corrected chi connectivity index (χ4v) is 5.92. The number of aliphatic hydroxyl groups is 1. The molecular formula is C37H62N2O5. The summed E-state index contributed by atoms with van der Waals surface area (Å²) in [6.07, 6.45) is 16.5. The maximum atomic E-state index is 12.2. The van der Waals surface area contributed by atoms with E-state index < -0.39 is 0 Å². The van der Waals surface area contributed by atoms with Crippen LogP contribution < -0.4 is 15.0 Å². The quantitative estimate of drug-likeness (QED) is 0.330. The van der Waals surface area contributed by atoms with Gasteiger partial charge < -0.3 is 29.5 Å². The first-order chi connectivity index (χ1) is 21.3. The molecule has 2 fully saturated rings. The molecule has 0 aliphatic carbocycles. The highest BCUT2D eigenvalue weighted by Crippen LogP contribution is 2.45. The largest absolute Gasteiger partial charge is 0.496 e. The minimum Gasteiger partial charge on any atom is -0.496 e. The highest BCUT2D eigenvalue weighted by Gasteiger charge is 2.53. The molecule has 4 rings (SSSR count). The third-order valence-electron chi connectivity index (χ3n) is 8.15. The van der Waals surface area contributed by atoms with Crippen molar-refractivity contribution in [2.24, 2.45) is 0 Å². The molecule has 7 nitrogen and oxygen atoms in total. The summed E-state index contributed by atoms with van der Waals surface area (Å²) in [6.45, 7) is 16.8. The van der Waals surface area contributed by atoms with Crippen LogP contribution in [0, 0.1) is 0 Å². The van der Waals surface area contributed by atoms with Gasteiger partial charge in [0.15, 0.2) is 0 Å². The van der Waals surface area contributed by atoms with Crippen LogP contribution in [0.4, 0.5) is 10.5 Å². The zero-order chi connectivity index (χ0) is 33.3. The number of methoxy groups -OCH3 is 1. The van der Waals surface area contributed by atoms with Gasteiger partial charge in [-0.05, 0) is 70.1 Å². The Bertz CT molecular complexity index is 1100. The van der Waals surface area contributed by atoms with Crippen LogP contribution in [0.15, 0.2) is 47.7 Å². The monoisotopic (exact) mass is 614 g/mol. The van der Waals surface area contributed by atoms with Crippen molar-refractivity contribution >= 4 is 11.8 Å². The van der Waals surface area contributed by atoms with Crippen molar-refractivity contribution in [2.75, 3.05) is 26.2 Å². The number of hydrogen-bond acceptors (Lipinski definition) is 6. The van der Waals surface area contributed by atoms with Gasteiger partial charge in [0.25, 0.3) is 0 Å². The summed E-state index contributed by atoms with van der Waals surface area (Å²) in [7, 11) is 4.97. The fraction of sp³-hybridized carbons (Fsp3) is 0.649. The molecule has 4 bridgehead atoms. The highest BCUT2D eigenvalue weighted by atomic mass is 16.6. The van der Waals surface area contributed by atoms with Crippen LogP contribution in [0.2, 0.25) is 0 Å². The maximum absolute atomic E-state index is 12.2. The average molecular weight is 615 g/mol. The molecule has 1 amide bonds. The van der Waals surface area contributed by atoms with Crippen LogP contribution in [0.1, 0.15) is 111 Å². The van der Waals surface area contributed by atoms with Gasteiger partial charge in [0, 0.05) is 50.0 Å². The Morgan fingerprint density at radius 1 is 1.16 bits per heavy atom. The number of fused-ring (bicyclic) bond motifs is 5. The van der Waals surface area contributed by atoms with Crippen molar-refractivity contribution in [3.63, 3.8) is 0 Å². The number of carbonyl (C=O) groups excluding carboxylic acids is 1. The minimum atomic E-state index is -0.314. The molecule has 2 N–H and O–H groups in total. The van der Waals surface area contributed by atoms with Crippen LogP contribution >= 0.6 is 0 Å². The first-order valence-corrected chi connectivity index (χ1v) is 16.8. The van der Waals surface area contributed by atoms with Crippen LogP contribution in [0.5, 0.6) is 5.75 Å². The van der Waals surface area contributed by atoms with Crippen molar-refractivity contribution in [2.45, 2.75) is 137 Å². The number of allylic oxidation sites excluding steroid dienone is 5. The van der Waals surface area contributed by atoms with Crippen molar-refractivity contribution in [1.29, 1.82) is 0 Å². The van der Waals surface area contributed by atoms with E-state index in [1.54, 1.807) is 7.11 Å². The van der Waals surface area contributed by atoms with Crippen LogP contribution in [0.25, 0.3) is 0 Å². The lowest BCUT2D eigenvalue weighted by Crippen LogP contribution is -2.45. The molecule has 3 heterocycles. The molecule has 250 valence electrons. The number of epoxide rings is 1. The van der Waals surface area contributed by atoms with E-state index >= 15 is 0 Å². The van der Waals surface area contributed by atoms with Crippen LogP contribution in [-0.4, -0.2) is 56.3 Å². The lowest BCUT2D eigenvalue weighted by Gasteiger charge is -2.29. The zero-order valence-electron chi connectivity index (χ0n) is 29.6. The molecule has 0 radical (unpaired) electrons. The lowest BCUT2D eigenvalue weighted by atomic mass is 9.93. The molecule has 1 aromatic rings. The fourth-order valence-electron chi connectivity index (χ4n) is 5.92. The predicted octanol–water partition coefficient (Wildman–Crippen LogP) is 8.68. The number of alkyl carbamates (subject to hydrolysis) is 1. The normalized spacial score (nSPS) is 27.6. The summed E-state index contributed by atoms with van der Waals surface area (Å²) in [5.41, 5.74) is 6.14. The van der Waals surface area contributed by atoms with Gasteiger partial charge in [0.05, 0.1) is 18.8 Å². The summed E-state index contributed by atoms with van der Waals surface area (Å²) in [4.78, 5) is 14.6. The van der Waals surface area contributed by atoms with E-state index in [1.165, 1.54) is 28.1 Å². The topological polar surface area (TPSA) is 83.6 Å². The van der Waals surface area contributed by atoms with Gasteiger partial charge in [-0.15, -0.1) is 0 Å². The number of nitrogens with zero attached hydrogens (tertiary/aromatic N) is 1. The smallest absolute Gasteiger partial charge is 0.407 e. The van der Waals surface area contributed by atoms with Gasteiger partial charge in [0.1, 0.15) is 11.9 Å². The summed E-state index contributed by atoms with van der Waals surface area (Å²) >= 11 is 0. The molecule has 1 aromatic carbocycles. The highest BCUT2D eigenvalue weighted by molar-refractivity contribution is 5.68. The Balaban J connectivity index is 0.00000152. The second-order valence-electron chi connectivity index (χ2n) is 11.3. The Hall–Kier alpha value is -2.77. The summed E-state index contributed by atoms with van der Waals surface area (Å²) in [5, 5.41) is 9.98. The molecule has 4 unspecified atom stereocenters. The number of hydrogen-bond donors (Lipinski definition) is 2. The van der Waals surface area contributed by atoms with Crippen molar-refractivity contribution in [3.8, 4) is 5.75 Å². The third-order valence-corrected chi connectivity index (χ3v) is 8.15. The number of nitrogens with one attached hydrogen (secondary N) is 1. The number of amides is 1. The van der Waals surface area contributed by atoms with Crippen molar-refractivity contribution < 1.29 is 24.1 Å². The summed E-state index contributed by atoms with van der Waals surface area (Å²) < 4.78 is 17.8. The molecule has 2 saturated heterocycles. The molecule has 44 heavy (non-hydrogen) atoms. The Morgan fingerprint density at radius 2 is 1.86 bits per heavy atom. The van der Waals surface area contributed by atoms with Crippen molar-refractivity contribution in [1.82, 2.24) is 5.32 Å². The number of aliphatic hydroxyl groups excluding tert-OH is 1. The Labute approximate surface area is 268 Å². The summed E-state index contributed by atoms with van der Waals surface area (Å²) in [5.74, 6) is 0.969. The summed E-state index contributed by atoms with van der Waals surface area (Å²) in [6, 6.07) is 4.64. The van der Waals surface area contributed by atoms with Crippen molar-refractivity contribution in [3.05, 3.63) is 58.8 Å². The van der Waals surface area contributed by atoms with Gasteiger partial charge in [0.2, 0.25) is 0 Å². The van der Waals surface area contributed by atoms with E-state index in [9.17, 15) is 4.79 Å². The molecule has 0 spiro atoms. The van der Waals surface area contributed by atoms with Gasteiger partial charge in [-0.25, -0.2) is 4.79 Å². The van der Waals surface area contributed by atoms with E-state index in [4.69, 9.17) is 19.3 Å². The average Bonchev–Trinajstić information content (AvgIpc) is 3.68. The van der Waals surface area contributed by atoms with Crippen LogP contribution in [0.3, 0.4) is 0 Å². The molecule has 0 saturated carbocycles. The maximum Gasteiger partial charge on any atom is 0.407 e. The molecular weight excluding hydrogens is 552 g/mol. The number of carbonyl (C=O) groups is 1. The molecule has 4 atom stereocenters. The van der Waals surface area contributed by atoms with E-state index in [-0.39, 0.29) is 29.9 Å². The third kappa shape index (κ3) is 11.3. The number of benzene rings is 1. The van der Waals surface area contributed by atoms with Crippen LogP contribution in [-0.2, 0) is 22.3 Å². The second kappa shape index (κ2) is 20.3. The SMILES string of the molecule is CC.CC.CC/C=C1/CCC2(C)OC2CC2CC(C/C=C/C=C(\C)Cc3cc(OC)c(CCC)c(c3)N1C)NC(=O)O2.CO. The van der Waals surface area contributed by atoms with Gasteiger partial charge in [-0.3, -0.25) is 0 Å². The number of rotatable bonds is 4. The lowest BCUT2D eigenvalue weighted by molar-refractivity contribution is 0.0505. The minimum absolute atomic E-state index is 0.0870. The molecule has 3 aliphatic rings. The van der Waals surface area contributed by atoms with Gasteiger partial charge in [-0.2, -0.15) is 0 Å². The number of ether oxygens (including phenoxy) is 3. The van der Waals surface area contributed by atoms with E-state index in [2.05, 4.69) is 81.4 Å². The van der Waals surface area contributed by atoms with E-state index in [0.29, 0.717) is 0 Å². The van der Waals surface area contributed by atoms with E-state index in [1.807, 2.05) is 27.7 Å². The number of anilines is 1. The Morgan fingerprint density at radius 3 is 2.50 bits per heavy atom. The van der Waals surface area contributed by atoms with Gasteiger partial charge in [-0.1, -0.05) is 77.8 Å². The first-order valence-electron chi connectivity index (χ1n) is 16.8. The Kier molecular flexibility index (Phi) is 18.1. The molecule has 3 aliphatic heterocycles. The molecule has 0 aromatic heterocycles. The zero-order valence-corrected chi connectivity index (χ0v) is 29.6. The first kappa shape index (κ1) is 39.3. The van der Waals surface area contributed by atoms with Gasteiger partial charge >= 0.3 is 6.09 Å². The second-order valence-corrected chi connectivity index (χ2v) is 11.3. The standard InChI is InChI=1S/C32H46N2O4.2C2H6.CH4O/c1-7-11-25-15-16-32(4)30(38-32)21-26-20-24(33-31(35)37-26)14-10-9-13-22(3)17-23-18-28(34(25)5)27(12-8-2)29(19-23)36-6;3*1-2/h9-11,13,18-19,24,26,30H,7-8,12,14-17,20-21H2,1-6H3,(H,33,35);2*1-2H3;2H,1H3/b10-9+,22-13+,25-11-;;;. The molecule has 7 heteroatoms. The predicted molar refractivity (Wildman–Crippen MR) is 185 cm³/mol. The van der Waals surface area contributed by atoms with E-state index in [0.717, 1.165) is 70.6 Å².